The van der Waals surface area contributed by atoms with Crippen molar-refractivity contribution in [1.82, 2.24) is 5.32 Å². The Labute approximate surface area is 73.5 Å². The smallest absolute Gasteiger partial charge is 0.223 e. The maximum Gasteiger partial charge on any atom is 0.223 e. The molecular weight excluding hydrogens is 154 g/mol. The van der Waals surface area contributed by atoms with Crippen molar-refractivity contribution in [2.45, 2.75) is 32.8 Å². The molecule has 0 radical (unpaired) electrons. The van der Waals surface area contributed by atoms with Crippen LogP contribution in [0.3, 0.4) is 0 Å². The summed E-state index contributed by atoms with van der Waals surface area (Å²) in [6, 6.07) is 0. The van der Waals surface area contributed by atoms with E-state index >= 15 is 0 Å². The lowest BCUT2D eigenvalue weighted by atomic mass is 10.0. The lowest BCUT2D eigenvalue weighted by Gasteiger charge is -2.11. The Morgan fingerprint density at radius 3 is 2.58 bits per heavy atom. The van der Waals surface area contributed by atoms with Crippen LogP contribution < -0.4 is 5.32 Å². The SMILES string of the molecule is CCC(CC)C(=O)NC[C@@H]1CO1. The molecule has 0 aromatic rings. The number of amides is 1. The molecule has 0 spiro atoms. The molecule has 1 fully saturated rings. The van der Waals surface area contributed by atoms with Gasteiger partial charge in [-0.3, -0.25) is 4.79 Å². The third-order valence-corrected chi connectivity index (χ3v) is 2.26. The first kappa shape index (κ1) is 9.52. The number of ether oxygens (including phenoxy) is 1. The molecule has 1 rings (SSSR count). The molecule has 1 atom stereocenters. The summed E-state index contributed by atoms with van der Waals surface area (Å²) in [4.78, 5) is 11.4. The maximum atomic E-state index is 11.4. The van der Waals surface area contributed by atoms with Gasteiger partial charge in [0.25, 0.3) is 0 Å². The first-order chi connectivity index (χ1) is 5.77. The van der Waals surface area contributed by atoms with Crippen LogP contribution in [0.25, 0.3) is 0 Å². The lowest BCUT2D eigenvalue weighted by Crippen LogP contribution is -2.32. The van der Waals surface area contributed by atoms with E-state index in [4.69, 9.17) is 4.74 Å². The van der Waals surface area contributed by atoms with Gasteiger partial charge in [-0.05, 0) is 12.8 Å². The number of hydrogen-bond donors (Lipinski definition) is 1. The van der Waals surface area contributed by atoms with Crippen molar-refractivity contribution < 1.29 is 9.53 Å². The Morgan fingerprint density at radius 1 is 1.58 bits per heavy atom. The topological polar surface area (TPSA) is 41.6 Å². The van der Waals surface area contributed by atoms with Crippen molar-refractivity contribution in [2.75, 3.05) is 13.2 Å². The van der Waals surface area contributed by atoms with Gasteiger partial charge in [-0.25, -0.2) is 0 Å². The molecule has 0 aliphatic carbocycles. The number of carbonyl (C=O) groups excluding carboxylic acids is 1. The molecule has 0 aromatic heterocycles. The highest BCUT2D eigenvalue weighted by atomic mass is 16.6. The monoisotopic (exact) mass is 171 g/mol. The minimum atomic E-state index is 0.176. The van der Waals surface area contributed by atoms with Gasteiger partial charge in [-0.2, -0.15) is 0 Å². The minimum absolute atomic E-state index is 0.176. The molecule has 1 aliphatic heterocycles. The van der Waals surface area contributed by atoms with Gasteiger partial charge >= 0.3 is 0 Å². The van der Waals surface area contributed by atoms with Gasteiger partial charge in [-0.1, -0.05) is 13.8 Å². The van der Waals surface area contributed by atoms with Crippen molar-refractivity contribution >= 4 is 5.91 Å². The molecule has 0 bridgehead atoms. The number of carbonyl (C=O) groups is 1. The summed E-state index contributed by atoms with van der Waals surface area (Å²) >= 11 is 0. The van der Waals surface area contributed by atoms with Crippen LogP contribution in [0.5, 0.6) is 0 Å². The predicted octanol–water partition coefficient (Wildman–Crippen LogP) is 0.938. The van der Waals surface area contributed by atoms with Crippen LogP contribution in [0.4, 0.5) is 0 Å². The van der Waals surface area contributed by atoms with Gasteiger partial charge in [0.15, 0.2) is 0 Å². The van der Waals surface area contributed by atoms with Crippen LogP contribution in [0.2, 0.25) is 0 Å². The second-order valence-corrected chi connectivity index (χ2v) is 3.21. The molecule has 0 saturated carbocycles. The number of nitrogens with one attached hydrogen (secondary N) is 1. The summed E-state index contributed by atoms with van der Waals surface area (Å²) < 4.78 is 4.99. The van der Waals surface area contributed by atoms with Gasteiger partial charge in [0.05, 0.1) is 12.7 Å². The van der Waals surface area contributed by atoms with Gasteiger partial charge in [0, 0.05) is 12.5 Å². The fourth-order valence-electron chi connectivity index (χ4n) is 1.20. The van der Waals surface area contributed by atoms with Gasteiger partial charge < -0.3 is 10.1 Å². The lowest BCUT2D eigenvalue weighted by molar-refractivity contribution is -0.125. The molecule has 3 nitrogen and oxygen atoms in total. The molecule has 0 aromatic carbocycles. The first-order valence-corrected chi connectivity index (χ1v) is 4.67. The largest absolute Gasteiger partial charge is 0.371 e. The van der Waals surface area contributed by atoms with E-state index in [9.17, 15) is 4.79 Å². The molecule has 70 valence electrons. The Kier molecular flexibility index (Phi) is 3.53. The molecule has 1 aliphatic rings. The first-order valence-electron chi connectivity index (χ1n) is 4.67. The van der Waals surface area contributed by atoms with Crippen LogP contribution >= 0.6 is 0 Å². The normalized spacial score (nSPS) is 21.1. The zero-order valence-corrected chi connectivity index (χ0v) is 7.80. The van der Waals surface area contributed by atoms with E-state index in [0.29, 0.717) is 12.6 Å². The quantitative estimate of drug-likeness (QED) is 0.625. The molecule has 3 heteroatoms. The molecule has 12 heavy (non-hydrogen) atoms. The van der Waals surface area contributed by atoms with Gasteiger partial charge in [-0.15, -0.1) is 0 Å². The van der Waals surface area contributed by atoms with E-state index in [1.54, 1.807) is 0 Å². The number of epoxide rings is 1. The molecule has 1 saturated heterocycles. The minimum Gasteiger partial charge on any atom is -0.371 e. The molecule has 1 amide bonds. The summed E-state index contributed by atoms with van der Waals surface area (Å²) in [5.74, 6) is 0.360. The predicted molar refractivity (Wildman–Crippen MR) is 46.8 cm³/mol. The van der Waals surface area contributed by atoms with Crippen LogP contribution in [0.15, 0.2) is 0 Å². The molecule has 0 unspecified atom stereocenters. The Morgan fingerprint density at radius 2 is 2.17 bits per heavy atom. The summed E-state index contributed by atoms with van der Waals surface area (Å²) in [6.07, 6.45) is 2.14. The van der Waals surface area contributed by atoms with Crippen LogP contribution in [0.1, 0.15) is 26.7 Å². The maximum absolute atomic E-state index is 11.4. The number of hydrogen-bond acceptors (Lipinski definition) is 2. The Hall–Kier alpha value is -0.570. The number of rotatable bonds is 5. The highest BCUT2D eigenvalue weighted by molar-refractivity contribution is 5.78. The summed E-state index contributed by atoms with van der Waals surface area (Å²) in [5, 5.41) is 2.88. The van der Waals surface area contributed by atoms with E-state index in [2.05, 4.69) is 5.32 Å². The second kappa shape index (κ2) is 4.45. The third-order valence-electron chi connectivity index (χ3n) is 2.26. The summed E-state index contributed by atoms with van der Waals surface area (Å²) in [7, 11) is 0. The zero-order chi connectivity index (χ0) is 8.97. The third kappa shape index (κ3) is 2.81. The zero-order valence-electron chi connectivity index (χ0n) is 7.80. The van der Waals surface area contributed by atoms with Crippen molar-refractivity contribution in [3.8, 4) is 0 Å². The fourth-order valence-corrected chi connectivity index (χ4v) is 1.20. The van der Waals surface area contributed by atoms with E-state index in [1.807, 2.05) is 13.8 Å². The Bertz CT molecular complexity index is 151. The van der Waals surface area contributed by atoms with Gasteiger partial charge in [0.2, 0.25) is 5.91 Å². The van der Waals surface area contributed by atoms with Crippen LogP contribution in [0, 0.1) is 5.92 Å². The average Bonchev–Trinajstić information content (AvgIpc) is 2.86. The van der Waals surface area contributed by atoms with Gasteiger partial charge in [0.1, 0.15) is 0 Å². The van der Waals surface area contributed by atoms with Crippen LogP contribution in [-0.4, -0.2) is 25.2 Å². The second-order valence-electron chi connectivity index (χ2n) is 3.21. The molecular formula is C9H17NO2. The van der Waals surface area contributed by atoms with E-state index in [0.717, 1.165) is 19.4 Å². The Balaban J connectivity index is 2.15. The summed E-state index contributed by atoms with van der Waals surface area (Å²) in [5.41, 5.74) is 0. The van der Waals surface area contributed by atoms with E-state index < -0.39 is 0 Å². The fraction of sp³-hybridized carbons (Fsp3) is 0.889. The molecule has 1 N–H and O–H groups in total. The van der Waals surface area contributed by atoms with E-state index in [1.165, 1.54) is 0 Å². The van der Waals surface area contributed by atoms with E-state index in [-0.39, 0.29) is 11.8 Å². The van der Waals surface area contributed by atoms with Crippen molar-refractivity contribution in [1.29, 1.82) is 0 Å². The summed E-state index contributed by atoms with van der Waals surface area (Å²) in [6.45, 7) is 5.58. The standard InChI is InChI=1S/C9H17NO2/c1-3-7(4-2)9(11)10-5-8-6-12-8/h7-8H,3-6H2,1-2H3,(H,10,11)/t8-/m1/s1. The molecule has 1 heterocycles. The average molecular weight is 171 g/mol. The highest BCUT2D eigenvalue weighted by Crippen LogP contribution is 2.09. The van der Waals surface area contributed by atoms with Crippen LogP contribution in [-0.2, 0) is 9.53 Å². The highest BCUT2D eigenvalue weighted by Gasteiger charge is 2.24. The van der Waals surface area contributed by atoms with Crippen molar-refractivity contribution in [3.05, 3.63) is 0 Å². The van der Waals surface area contributed by atoms with Crippen molar-refractivity contribution in [2.24, 2.45) is 5.92 Å². The van der Waals surface area contributed by atoms with Crippen molar-refractivity contribution in [3.63, 3.8) is 0 Å².